The first kappa shape index (κ1) is 18.7. The lowest BCUT2D eigenvalue weighted by molar-refractivity contribution is -0.141. The molecule has 1 aromatic rings. The van der Waals surface area contributed by atoms with Crippen molar-refractivity contribution in [2.75, 3.05) is 31.2 Å². The van der Waals surface area contributed by atoms with Gasteiger partial charge < -0.3 is 15.1 Å². The second-order valence-corrected chi connectivity index (χ2v) is 7.90. The van der Waals surface area contributed by atoms with Crippen molar-refractivity contribution < 1.29 is 14.4 Å². The van der Waals surface area contributed by atoms with Gasteiger partial charge in [0.05, 0.1) is 5.69 Å². The maximum absolute atomic E-state index is 12.9. The van der Waals surface area contributed by atoms with Crippen molar-refractivity contribution in [3.63, 3.8) is 0 Å². The molecular formula is C20H27N5O3. The van der Waals surface area contributed by atoms with Crippen LogP contribution >= 0.6 is 0 Å². The number of nitrogens with zero attached hydrogens (tertiary/aromatic N) is 3. The summed E-state index contributed by atoms with van der Waals surface area (Å²) in [5.74, 6) is 0.260. The summed E-state index contributed by atoms with van der Waals surface area (Å²) in [5, 5.41) is 4.62. The highest BCUT2D eigenvalue weighted by molar-refractivity contribution is 5.93. The van der Waals surface area contributed by atoms with Crippen LogP contribution in [0.1, 0.15) is 32.6 Å². The number of urea groups is 1. The molecule has 0 aromatic heterocycles. The quantitative estimate of drug-likeness (QED) is 0.804. The van der Waals surface area contributed by atoms with Gasteiger partial charge in [-0.1, -0.05) is 18.2 Å². The lowest BCUT2D eigenvalue weighted by Gasteiger charge is -2.41. The third kappa shape index (κ3) is 3.56. The van der Waals surface area contributed by atoms with Crippen molar-refractivity contribution in [2.45, 2.75) is 38.3 Å². The maximum atomic E-state index is 12.9. The molecule has 0 radical (unpaired) electrons. The van der Waals surface area contributed by atoms with Crippen LogP contribution in [0.4, 0.5) is 10.5 Å². The normalized spacial score (nSPS) is 22.5. The highest BCUT2D eigenvalue weighted by Gasteiger charge is 2.45. The molecule has 3 fully saturated rings. The van der Waals surface area contributed by atoms with Gasteiger partial charge in [-0.25, -0.2) is 15.2 Å². The Morgan fingerprint density at radius 2 is 1.64 bits per heavy atom. The first-order valence-electron chi connectivity index (χ1n) is 9.97. The van der Waals surface area contributed by atoms with Crippen LogP contribution in [-0.4, -0.2) is 59.5 Å². The van der Waals surface area contributed by atoms with E-state index in [1.165, 1.54) is 0 Å². The molecule has 8 heteroatoms. The van der Waals surface area contributed by atoms with E-state index in [0.29, 0.717) is 39.0 Å². The van der Waals surface area contributed by atoms with Crippen LogP contribution in [0.2, 0.25) is 0 Å². The lowest BCUT2D eigenvalue weighted by Crippen LogP contribution is -2.59. The van der Waals surface area contributed by atoms with Gasteiger partial charge in [-0.2, -0.15) is 0 Å². The minimum absolute atomic E-state index is 0.00315. The second-order valence-electron chi connectivity index (χ2n) is 7.90. The number of benzene rings is 1. The summed E-state index contributed by atoms with van der Waals surface area (Å²) >= 11 is 0. The Morgan fingerprint density at radius 1 is 1.00 bits per heavy atom. The van der Waals surface area contributed by atoms with Crippen LogP contribution in [0.15, 0.2) is 30.3 Å². The Morgan fingerprint density at radius 3 is 2.25 bits per heavy atom. The number of hydrogen-bond acceptors (Lipinski definition) is 4. The molecule has 8 nitrogen and oxygen atoms in total. The van der Waals surface area contributed by atoms with E-state index < -0.39 is 5.66 Å². The second kappa shape index (κ2) is 7.43. The average molecular weight is 385 g/mol. The number of carbonyl (C=O) groups is 3. The zero-order chi connectivity index (χ0) is 19.7. The number of piperidine rings is 2. The van der Waals surface area contributed by atoms with Crippen LogP contribution < -0.4 is 15.8 Å². The van der Waals surface area contributed by atoms with E-state index in [-0.39, 0.29) is 23.8 Å². The van der Waals surface area contributed by atoms with Crippen LogP contribution in [0.25, 0.3) is 0 Å². The van der Waals surface area contributed by atoms with Gasteiger partial charge in [0.15, 0.2) is 0 Å². The number of nitrogens with one attached hydrogen (secondary N) is 2. The minimum Gasteiger partial charge on any atom is -0.343 e. The number of carbonyl (C=O) groups excluding carboxylic acids is 3. The number of amides is 4. The highest BCUT2D eigenvalue weighted by atomic mass is 16.2. The Bertz CT molecular complexity index is 752. The molecule has 3 heterocycles. The Hall–Kier alpha value is -2.61. The van der Waals surface area contributed by atoms with Crippen LogP contribution in [0, 0.1) is 5.92 Å². The molecule has 1 aromatic carbocycles. The van der Waals surface area contributed by atoms with Gasteiger partial charge in [0.2, 0.25) is 11.8 Å². The summed E-state index contributed by atoms with van der Waals surface area (Å²) < 4.78 is 0. The third-order valence-corrected chi connectivity index (χ3v) is 6.11. The average Bonchev–Trinajstić information content (AvgIpc) is 3.04. The lowest BCUT2D eigenvalue weighted by atomic mass is 9.92. The van der Waals surface area contributed by atoms with Gasteiger partial charge in [0.25, 0.3) is 0 Å². The molecule has 3 aliphatic rings. The third-order valence-electron chi connectivity index (χ3n) is 6.11. The van der Waals surface area contributed by atoms with Crippen LogP contribution in [-0.2, 0) is 9.59 Å². The predicted octanol–water partition coefficient (Wildman–Crippen LogP) is 1.30. The van der Waals surface area contributed by atoms with Gasteiger partial charge in [-0.3, -0.25) is 9.59 Å². The smallest absolute Gasteiger partial charge is 0.338 e. The maximum Gasteiger partial charge on any atom is 0.338 e. The molecule has 3 saturated heterocycles. The van der Waals surface area contributed by atoms with E-state index in [0.717, 1.165) is 18.5 Å². The standard InChI is InChI=1S/C20H27N5O3/c1-15(26)23-11-7-16(8-12-23)18(27)24-13-9-20(10-14-24)21-19(28)25(22-20)17-5-3-2-4-6-17/h2-6,16,22H,7-14H2,1H3,(H,21,28). The molecule has 28 heavy (non-hydrogen) atoms. The predicted molar refractivity (Wildman–Crippen MR) is 104 cm³/mol. The molecule has 4 rings (SSSR count). The molecule has 0 aliphatic carbocycles. The molecule has 0 unspecified atom stereocenters. The van der Waals surface area contributed by atoms with Crippen molar-refractivity contribution in [3.8, 4) is 0 Å². The summed E-state index contributed by atoms with van der Waals surface area (Å²) in [6.07, 6.45) is 2.80. The number of rotatable bonds is 2. The monoisotopic (exact) mass is 385 g/mol. The molecule has 0 saturated carbocycles. The SMILES string of the molecule is CC(=O)N1CCC(C(=O)N2CCC3(CC2)NC(=O)N(c2ccccc2)N3)CC1. The van der Waals surface area contributed by atoms with Crippen molar-refractivity contribution in [2.24, 2.45) is 5.92 Å². The fourth-order valence-electron chi connectivity index (χ4n) is 4.36. The van der Waals surface area contributed by atoms with E-state index in [1.807, 2.05) is 40.1 Å². The van der Waals surface area contributed by atoms with Gasteiger partial charge in [-0.05, 0) is 25.0 Å². The van der Waals surface area contributed by atoms with Gasteiger partial charge in [0, 0.05) is 51.9 Å². The van der Waals surface area contributed by atoms with Gasteiger partial charge >= 0.3 is 6.03 Å². The summed E-state index contributed by atoms with van der Waals surface area (Å²) in [4.78, 5) is 40.5. The molecule has 4 amide bonds. The number of hydrazine groups is 1. The molecule has 3 aliphatic heterocycles. The van der Waals surface area contributed by atoms with Gasteiger partial charge in [-0.15, -0.1) is 0 Å². The number of likely N-dealkylation sites (tertiary alicyclic amines) is 2. The Labute approximate surface area is 164 Å². The van der Waals surface area contributed by atoms with Crippen LogP contribution in [0.3, 0.4) is 0 Å². The van der Waals surface area contributed by atoms with Crippen molar-refractivity contribution in [1.82, 2.24) is 20.5 Å². The van der Waals surface area contributed by atoms with E-state index in [9.17, 15) is 14.4 Å². The fourth-order valence-corrected chi connectivity index (χ4v) is 4.36. The van der Waals surface area contributed by atoms with Crippen molar-refractivity contribution in [1.29, 1.82) is 0 Å². The van der Waals surface area contributed by atoms with E-state index >= 15 is 0 Å². The summed E-state index contributed by atoms with van der Waals surface area (Å²) in [6, 6.07) is 9.32. The summed E-state index contributed by atoms with van der Waals surface area (Å²) in [5.41, 5.74) is 3.62. The Kier molecular flexibility index (Phi) is 4.97. The molecule has 0 bridgehead atoms. The first-order chi connectivity index (χ1) is 13.5. The molecular weight excluding hydrogens is 358 g/mol. The van der Waals surface area contributed by atoms with Crippen molar-refractivity contribution >= 4 is 23.5 Å². The van der Waals surface area contributed by atoms with E-state index in [4.69, 9.17) is 0 Å². The summed E-state index contributed by atoms with van der Waals surface area (Å²) in [7, 11) is 0. The zero-order valence-corrected chi connectivity index (χ0v) is 16.2. The zero-order valence-electron chi connectivity index (χ0n) is 16.2. The largest absolute Gasteiger partial charge is 0.343 e. The minimum atomic E-state index is -0.498. The number of para-hydroxylation sites is 1. The molecule has 150 valence electrons. The molecule has 1 spiro atoms. The van der Waals surface area contributed by atoms with Gasteiger partial charge in [0.1, 0.15) is 5.66 Å². The molecule has 0 atom stereocenters. The molecule has 2 N–H and O–H groups in total. The fraction of sp³-hybridized carbons (Fsp3) is 0.550. The van der Waals surface area contributed by atoms with Crippen LogP contribution in [0.5, 0.6) is 0 Å². The topological polar surface area (TPSA) is 85.0 Å². The number of anilines is 1. The van der Waals surface area contributed by atoms with E-state index in [1.54, 1.807) is 11.9 Å². The van der Waals surface area contributed by atoms with Crippen molar-refractivity contribution in [3.05, 3.63) is 30.3 Å². The van der Waals surface area contributed by atoms with E-state index in [2.05, 4.69) is 10.7 Å². The highest BCUT2D eigenvalue weighted by Crippen LogP contribution is 2.29. The first-order valence-corrected chi connectivity index (χ1v) is 9.97. The summed E-state index contributed by atoms with van der Waals surface area (Å²) in [6.45, 7) is 4.12. The Balaban J connectivity index is 1.33. The number of hydrogen-bond donors (Lipinski definition) is 2.